The highest BCUT2D eigenvalue weighted by Crippen LogP contribution is 2.33. The van der Waals surface area contributed by atoms with Crippen molar-refractivity contribution in [1.82, 2.24) is 9.97 Å². The minimum atomic E-state index is -3.95. The molecule has 0 saturated carbocycles. The lowest BCUT2D eigenvalue weighted by Crippen LogP contribution is -2.31. The van der Waals surface area contributed by atoms with Gasteiger partial charge in [-0.05, 0) is 55.0 Å². The molecule has 0 aliphatic carbocycles. The van der Waals surface area contributed by atoms with Gasteiger partial charge >= 0.3 is 0 Å². The molecule has 0 fully saturated rings. The number of carbonyl (C=O) groups excluding carboxylic acids is 1. The Kier molecular flexibility index (Phi) is 6.68. The Morgan fingerprint density at radius 2 is 1.78 bits per heavy atom. The molecule has 2 heterocycles. The van der Waals surface area contributed by atoms with Gasteiger partial charge in [0.05, 0.1) is 27.4 Å². The molecule has 1 amide bonds. The number of aromatic nitrogens is 2. The summed E-state index contributed by atoms with van der Waals surface area (Å²) in [6, 6.07) is 21.0. The molecule has 0 unspecified atom stereocenters. The summed E-state index contributed by atoms with van der Waals surface area (Å²) in [5.41, 5.74) is 2.07. The van der Waals surface area contributed by atoms with Gasteiger partial charge in [-0.25, -0.2) is 17.8 Å². The molecule has 0 bridgehead atoms. The maximum absolute atomic E-state index is 14.4. The molecule has 37 heavy (non-hydrogen) atoms. The van der Waals surface area contributed by atoms with Crippen molar-refractivity contribution in [2.75, 3.05) is 9.62 Å². The normalized spacial score (nSPS) is 11.4. The van der Waals surface area contributed by atoms with Crippen LogP contribution in [-0.2, 0) is 16.6 Å². The van der Waals surface area contributed by atoms with Crippen LogP contribution in [-0.4, -0.2) is 24.3 Å². The van der Waals surface area contributed by atoms with Crippen LogP contribution in [0.2, 0.25) is 0 Å². The first kappa shape index (κ1) is 24.5. The first-order valence-electron chi connectivity index (χ1n) is 11.3. The van der Waals surface area contributed by atoms with Gasteiger partial charge in [-0.15, -0.1) is 0 Å². The number of rotatable bonds is 7. The Morgan fingerprint density at radius 3 is 2.51 bits per heavy atom. The fourth-order valence-corrected chi connectivity index (χ4v) is 5.80. The predicted octanol–water partition coefficient (Wildman–Crippen LogP) is 5.79. The van der Waals surface area contributed by atoms with Crippen molar-refractivity contribution < 1.29 is 17.6 Å². The van der Waals surface area contributed by atoms with E-state index in [2.05, 4.69) is 14.7 Å². The Balaban J connectivity index is 1.55. The fourth-order valence-electron chi connectivity index (χ4n) is 3.74. The van der Waals surface area contributed by atoms with Crippen LogP contribution in [0.15, 0.2) is 96.2 Å². The van der Waals surface area contributed by atoms with Crippen LogP contribution in [0.4, 0.5) is 15.2 Å². The number of thiazole rings is 1. The zero-order valence-electron chi connectivity index (χ0n) is 19.6. The van der Waals surface area contributed by atoms with Crippen molar-refractivity contribution >= 4 is 48.3 Å². The van der Waals surface area contributed by atoms with E-state index in [-0.39, 0.29) is 33.3 Å². The predicted molar refractivity (Wildman–Crippen MR) is 143 cm³/mol. The van der Waals surface area contributed by atoms with E-state index in [1.165, 1.54) is 40.5 Å². The number of benzene rings is 3. The van der Waals surface area contributed by atoms with Crippen molar-refractivity contribution in [1.29, 1.82) is 0 Å². The molecular formula is C27H21FN4O3S2. The number of fused-ring (bicyclic) bond motifs is 1. The Morgan fingerprint density at radius 1 is 1.00 bits per heavy atom. The average molecular weight is 533 g/mol. The second kappa shape index (κ2) is 10.1. The van der Waals surface area contributed by atoms with Gasteiger partial charge in [-0.2, -0.15) is 0 Å². The molecule has 0 aliphatic heterocycles. The standard InChI is InChI=1S/C27H21FN4O3S2/c1-18-11-13-20(14-12-18)37(34,35)31-23-9-3-2-7-21(23)26(33)32(17-19-6-5-15-29-16-19)27-30-25-22(28)8-4-10-24(25)36-27/h2-16,31H,17H2,1H3. The minimum Gasteiger partial charge on any atom is -0.279 e. The maximum atomic E-state index is 14.4. The summed E-state index contributed by atoms with van der Waals surface area (Å²) in [5, 5.41) is 0.283. The van der Waals surface area contributed by atoms with Crippen LogP contribution in [0.25, 0.3) is 10.2 Å². The molecule has 0 atom stereocenters. The maximum Gasteiger partial charge on any atom is 0.262 e. The monoisotopic (exact) mass is 532 g/mol. The molecule has 5 rings (SSSR count). The number of aryl methyl sites for hydroxylation is 1. The van der Waals surface area contributed by atoms with Crippen LogP contribution in [0.1, 0.15) is 21.5 Å². The number of pyridine rings is 1. The number of amides is 1. The highest BCUT2D eigenvalue weighted by Gasteiger charge is 2.26. The smallest absolute Gasteiger partial charge is 0.262 e. The molecule has 186 valence electrons. The summed E-state index contributed by atoms with van der Waals surface area (Å²) in [6.45, 7) is 1.97. The summed E-state index contributed by atoms with van der Waals surface area (Å²) in [4.78, 5) is 23.9. The van der Waals surface area contributed by atoms with Crippen LogP contribution in [0, 0.1) is 12.7 Å². The number of nitrogens with zero attached hydrogens (tertiary/aromatic N) is 3. The van der Waals surface area contributed by atoms with Gasteiger partial charge in [0.25, 0.3) is 15.9 Å². The third-order valence-corrected chi connectivity index (χ3v) is 8.06. The summed E-state index contributed by atoms with van der Waals surface area (Å²) < 4.78 is 43.7. The third kappa shape index (κ3) is 5.20. The molecule has 3 aromatic carbocycles. The molecule has 1 N–H and O–H groups in total. The number of para-hydroxylation sites is 2. The van der Waals surface area contributed by atoms with E-state index in [4.69, 9.17) is 0 Å². The van der Waals surface area contributed by atoms with E-state index in [1.54, 1.807) is 60.9 Å². The molecule has 2 aromatic heterocycles. The number of nitrogens with one attached hydrogen (secondary N) is 1. The van der Waals surface area contributed by atoms with Crippen LogP contribution in [0.5, 0.6) is 0 Å². The van der Waals surface area contributed by atoms with Crippen LogP contribution < -0.4 is 9.62 Å². The lowest BCUT2D eigenvalue weighted by atomic mass is 10.1. The van der Waals surface area contributed by atoms with Crippen molar-refractivity contribution in [3.8, 4) is 0 Å². The van der Waals surface area contributed by atoms with Gasteiger partial charge in [0, 0.05) is 12.4 Å². The largest absolute Gasteiger partial charge is 0.279 e. The highest BCUT2D eigenvalue weighted by atomic mass is 32.2. The lowest BCUT2D eigenvalue weighted by molar-refractivity contribution is 0.0986. The van der Waals surface area contributed by atoms with Crippen molar-refractivity contribution in [2.45, 2.75) is 18.4 Å². The van der Waals surface area contributed by atoms with E-state index in [0.717, 1.165) is 11.1 Å². The zero-order chi connectivity index (χ0) is 26.0. The first-order chi connectivity index (χ1) is 17.8. The third-order valence-electron chi connectivity index (χ3n) is 5.63. The first-order valence-corrected chi connectivity index (χ1v) is 13.6. The quantitative estimate of drug-likeness (QED) is 0.287. The highest BCUT2D eigenvalue weighted by molar-refractivity contribution is 7.92. The van der Waals surface area contributed by atoms with Crippen molar-refractivity contribution in [2.24, 2.45) is 0 Å². The Hall–Kier alpha value is -4.15. The fraction of sp³-hybridized carbons (Fsp3) is 0.0741. The Labute approximate surface area is 217 Å². The summed E-state index contributed by atoms with van der Waals surface area (Å²) in [6.07, 6.45) is 3.25. The van der Waals surface area contributed by atoms with Gasteiger partial charge in [0.15, 0.2) is 5.13 Å². The lowest BCUT2D eigenvalue weighted by Gasteiger charge is -2.22. The van der Waals surface area contributed by atoms with E-state index in [0.29, 0.717) is 4.70 Å². The van der Waals surface area contributed by atoms with Crippen LogP contribution >= 0.6 is 11.3 Å². The number of sulfonamides is 1. The molecule has 7 nitrogen and oxygen atoms in total. The molecule has 10 heteroatoms. The molecule has 5 aromatic rings. The van der Waals surface area contributed by atoms with Gasteiger partial charge < -0.3 is 0 Å². The average Bonchev–Trinajstić information content (AvgIpc) is 3.33. The van der Waals surface area contributed by atoms with E-state index in [9.17, 15) is 17.6 Å². The Bertz CT molecular complexity index is 1690. The minimum absolute atomic E-state index is 0.0780. The molecular weight excluding hydrogens is 511 g/mol. The van der Waals surface area contributed by atoms with E-state index in [1.807, 2.05) is 13.0 Å². The topological polar surface area (TPSA) is 92.3 Å². The zero-order valence-corrected chi connectivity index (χ0v) is 21.3. The molecule has 0 radical (unpaired) electrons. The second-order valence-electron chi connectivity index (χ2n) is 8.30. The van der Waals surface area contributed by atoms with Gasteiger partial charge in [0.1, 0.15) is 11.3 Å². The molecule has 0 spiro atoms. The molecule has 0 saturated heterocycles. The molecule has 0 aliphatic rings. The second-order valence-corrected chi connectivity index (χ2v) is 11.0. The summed E-state index contributed by atoms with van der Waals surface area (Å²) >= 11 is 1.17. The van der Waals surface area contributed by atoms with E-state index < -0.39 is 21.7 Å². The number of hydrogen-bond donors (Lipinski definition) is 1. The van der Waals surface area contributed by atoms with E-state index >= 15 is 0 Å². The van der Waals surface area contributed by atoms with Gasteiger partial charge in [-0.1, -0.05) is 53.3 Å². The SMILES string of the molecule is Cc1ccc(S(=O)(=O)Nc2ccccc2C(=O)N(Cc2cccnc2)c2nc3c(F)cccc3s2)cc1. The number of carbonyl (C=O) groups is 1. The summed E-state index contributed by atoms with van der Waals surface area (Å²) in [5.74, 6) is -0.981. The summed E-state index contributed by atoms with van der Waals surface area (Å²) in [7, 11) is -3.95. The van der Waals surface area contributed by atoms with Crippen molar-refractivity contribution in [3.05, 3.63) is 114 Å². The number of hydrogen-bond acceptors (Lipinski definition) is 6. The van der Waals surface area contributed by atoms with Crippen molar-refractivity contribution in [3.63, 3.8) is 0 Å². The van der Waals surface area contributed by atoms with Gasteiger partial charge in [-0.3, -0.25) is 19.4 Å². The van der Waals surface area contributed by atoms with Crippen LogP contribution in [0.3, 0.4) is 0 Å². The number of anilines is 2. The number of halogens is 1. The van der Waals surface area contributed by atoms with Gasteiger partial charge in [0.2, 0.25) is 0 Å².